The predicted octanol–water partition coefficient (Wildman–Crippen LogP) is 6.31. The number of aryl methyl sites for hydroxylation is 3. The number of benzene rings is 3. The summed E-state index contributed by atoms with van der Waals surface area (Å²) in [6.45, 7) is 6.29. The number of hydrogen-bond donors (Lipinski definition) is 1. The first-order chi connectivity index (χ1) is 13.1. The normalized spacial score (nSPS) is 10.9. The van der Waals surface area contributed by atoms with Gasteiger partial charge in [-0.3, -0.25) is 0 Å². The quantitative estimate of drug-likeness (QED) is 0.468. The molecule has 4 aromatic rings. The van der Waals surface area contributed by atoms with E-state index in [0.29, 0.717) is 5.76 Å². The third kappa shape index (κ3) is 3.02. The van der Waals surface area contributed by atoms with Crippen LogP contribution in [0.3, 0.4) is 0 Å². The first kappa shape index (κ1) is 17.1. The molecule has 0 fully saturated rings. The lowest BCUT2D eigenvalue weighted by atomic mass is 9.90. The van der Waals surface area contributed by atoms with Crippen molar-refractivity contribution in [3.63, 3.8) is 0 Å². The molecule has 0 bridgehead atoms. The molecule has 134 valence electrons. The van der Waals surface area contributed by atoms with Gasteiger partial charge in [-0.15, -0.1) is 0 Å². The van der Waals surface area contributed by atoms with Gasteiger partial charge in [-0.25, -0.2) is 0 Å². The van der Waals surface area contributed by atoms with Crippen LogP contribution in [0.15, 0.2) is 71.3 Å². The molecule has 1 aromatic heterocycles. The molecule has 0 radical (unpaired) electrons. The molecule has 0 amide bonds. The second kappa shape index (κ2) is 6.76. The molecular weight excluding hydrogens is 334 g/mol. The number of nitrogens with zero attached hydrogens (tertiary/aromatic N) is 1. The summed E-state index contributed by atoms with van der Waals surface area (Å²) in [5, 5.41) is 14.1. The van der Waals surface area contributed by atoms with Crippen molar-refractivity contribution in [1.82, 2.24) is 5.16 Å². The number of aromatic nitrogens is 1. The van der Waals surface area contributed by atoms with E-state index in [2.05, 4.69) is 56.3 Å². The number of phenols is 1. The standard InChI is InChI=1S/C24H21NO2/c1-15-7-4-5-10-20(15)22-23(21-16(2)8-6-9-17(21)3)25-27-24(22)18-11-13-19(26)14-12-18/h4-14,26H,1-3H3. The zero-order valence-electron chi connectivity index (χ0n) is 15.7. The molecule has 0 aliphatic rings. The Bertz CT molecular complexity index is 1090. The van der Waals surface area contributed by atoms with Crippen molar-refractivity contribution >= 4 is 0 Å². The minimum absolute atomic E-state index is 0.227. The summed E-state index contributed by atoms with van der Waals surface area (Å²) in [4.78, 5) is 0. The smallest absolute Gasteiger partial charge is 0.175 e. The van der Waals surface area contributed by atoms with Crippen LogP contribution >= 0.6 is 0 Å². The molecule has 0 aliphatic carbocycles. The molecule has 1 N–H and O–H groups in total. The van der Waals surface area contributed by atoms with Crippen molar-refractivity contribution in [1.29, 1.82) is 0 Å². The van der Waals surface area contributed by atoms with Crippen LogP contribution in [0.4, 0.5) is 0 Å². The van der Waals surface area contributed by atoms with Crippen LogP contribution in [0.1, 0.15) is 16.7 Å². The van der Waals surface area contributed by atoms with Crippen molar-refractivity contribution in [3.05, 3.63) is 83.4 Å². The fourth-order valence-electron chi connectivity index (χ4n) is 3.56. The van der Waals surface area contributed by atoms with Gasteiger partial charge < -0.3 is 9.63 Å². The maximum atomic E-state index is 9.64. The Hall–Kier alpha value is -3.33. The number of hydrogen-bond acceptors (Lipinski definition) is 3. The monoisotopic (exact) mass is 355 g/mol. The SMILES string of the molecule is Cc1ccccc1-c1c(-c2c(C)cccc2C)noc1-c1ccc(O)cc1. The van der Waals surface area contributed by atoms with E-state index in [1.165, 1.54) is 0 Å². The van der Waals surface area contributed by atoms with E-state index < -0.39 is 0 Å². The molecule has 0 atom stereocenters. The topological polar surface area (TPSA) is 46.3 Å². The van der Waals surface area contributed by atoms with E-state index in [9.17, 15) is 5.11 Å². The molecule has 0 spiro atoms. The third-order valence-corrected chi connectivity index (χ3v) is 4.95. The molecule has 27 heavy (non-hydrogen) atoms. The van der Waals surface area contributed by atoms with Gasteiger partial charge >= 0.3 is 0 Å². The Morgan fingerprint density at radius 3 is 2.00 bits per heavy atom. The van der Waals surface area contributed by atoms with Crippen molar-refractivity contribution < 1.29 is 9.63 Å². The van der Waals surface area contributed by atoms with Crippen LogP contribution in [0.2, 0.25) is 0 Å². The Morgan fingerprint density at radius 1 is 0.704 bits per heavy atom. The molecule has 3 heteroatoms. The Labute approximate surface area is 158 Å². The summed E-state index contributed by atoms with van der Waals surface area (Å²) in [6, 6.07) is 21.5. The van der Waals surface area contributed by atoms with E-state index in [4.69, 9.17) is 4.52 Å². The summed E-state index contributed by atoms with van der Waals surface area (Å²) in [6.07, 6.45) is 0. The van der Waals surface area contributed by atoms with Crippen LogP contribution in [-0.2, 0) is 0 Å². The lowest BCUT2D eigenvalue weighted by molar-refractivity contribution is 0.435. The van der Waals surface area contributed by atoms with E-state index in [1.54, 1.807) is 12.1 Å². The van der Waals surface area contributed by atoms with Gasteiger partial charge in [0.2, 0.25) is 0 Å². The lowest BCUT2D eigenvalue weighted by Crippen LogP contribution is -1.92. The fraction of sp³-hybridized carbons (Fsp3) is 0.125. The van der Waals surface area contributed by atoms with E-state index >= 15 is 0 Å². The molecule has 0 unspecified atom stereocenters. The van der Waals surface area contributed by atoms with Gasteiger partial charge in [0.25, 0.3) is 0 Å². The van der Waals surface area contributed by atoms with Crippen LogP contribution in [0.5, 0.6) is 5.75 Å². The number of aromatic hydroxyl groups is 1. The lowest BCUT2D eigenvalue weighted by Gasteiger charge is -2.11. The van der Waals surface area contributed by atoms with Crippen molar-refractivity contribution in [2.75, 3.05) is 0 Å². The minimum atomic E-state index is 0.227. The maximum Gasteiger partial charge on any atom is 0.175 e. The second-order valence-electron chi connectivity index (χ2n) is 6.86. The fourth-order valence-corrected chi connectivity index (χ4v) is 3.56. The highest BCUT2D eigenvalue weighted by Crippen LogP contribution is 2.43. The van der Waals surface area contributed by atoms with Gasteiger partial charge in [0, 0.05) is 11.1 Å². The Morgan fingerprint density at radius 2 is 1.33 bits per heavy atom. The van der Waals surface area contributed by atoms with Gasteiger partial charge in [0.15, 0.2) is 5.76 Å². The second-order valence-corrected chi connectivity index (χ2v) is 6.86. The minimum Gasteiger partial charge on any atom is -0.508 e. The van der Waals surface area contributed by atoms with E-state index in [1.807, 2.05) is 24.3 Å². The summed E-state index contributed by atoms with van der Waals surface area (Å²) in [7, 11) is 0. The van der Waals surface area contributed by atoms with Crippen molar-refractivity contribution in [3.8, 4) is 39.5 Å². The van der Waals surface area contributed by atoms with Crippen LogP contribution < -0.4 is 0 Å². The highest BCUT2D eigenvalue weighted by Gasteiger charge is 2.23. The molecule has 3 nitrogen and oxygen atoms in total. The summed E-state index contributed by atoms with van der Waals surface area (Å²) < 4.78 is 5.86. The van der Waals surface area contributed by atoms with Crippen molar-refractivity contribution in [2.24, 2.45) is 0 Å². The molecule has 1 heterocycles. The van der Waals surface area contributed by atoms with Crippen LogP contribution in [0.25, 0.3) is 33.7 Å². The molecule has 3 aromatic carbocycles. The van der Waals surface area contributed by atoms with Gasteiger partial charge in [0.05, 0.1) is 5.56 Å². The highest BCUT2D eigenvalue weighted by molar-refractivity contribution is 5.92. The van der Waals surface area contributed by atoms with Crippen molar-refractivity contribution in [2.45, 2.75) is 20.8 Å². The summed E-state index contributed by atoms with van der Waals surface area (Å²) in [5.74, 6) is 0.938. The maximum absolute atomic E-state index is 9.64. The molecular formula is C24H21NO2. The van der Waals surface area contributed by atoms with Gasteiger partial charge in [-0.2, -0.15) is 0 Å². The first-order valence-corrected chi connectivity index (χ1v) is 8.98. The Kier molecular flexibility index (Phi) is 4.28. The first-order valence-electron chi connectivity index (χ1n) is 8.98. The van der Waals surface area contributed by atoms with Crippen LogP contribution in [0, 0.1) is 20.8 Å². The average molecular weight is 355 g/mol. The third-order valence-electron chi connectivity index (χ3n) is 4.95. The molecule has 0 saturated carbocycles. The highest BCUT2D eigenvalue weighted by atomic mass is 16.5. The van der Waals surface area contributed by atoms with Gasteiger partial charge in [-0.05, 0) is 67.3 Å². The molecule has 0 aliphatic heterocycles. The van der Waals surface area contributed by atoms with E-state index in [-0.39, 0.29) is 5.75 Å². The molecule has 0 saturated heterocycles. The summed E-state index contributed by atoms with van der Waals surface area (Å²) in [5.41, 5.74) is 8.40. The zero-order chi connectivity index (χ0) is 19.0. The summed E-state index contributed by atoms with van der Waals surface area (Å²) >= 11 is 0. The van der Waals surface area contributed by atoms with E-state index in [0.717, 1.165) is 44.6 Å². The van der Waals surface area contributed by atoms with Crippen LogP contribution in [-0.4, -0.2) is 10.3 Å². The largest absolute Gasteiger partial charge is 0.508 e. The molecule has 4 rings (SSSR count). The predicted molar refractivity (Wildman–Crippen MR) is 109 cm³/mol. The Balaban J connectivity index is 2.04. The average Bonchev–Trinajstić information content (AvgIpc) is 3.07. The van der Waals surface area contributed by atoms with Gasteiger partial charge in [0.1, 0.15) is 11.4 Å². The zero-order valence-corrected chi connectivity index (χ0v) is 15.7. The van der Waals surface area contributed by atoms with Gasteiger partial charge in [-0.1, -0.05) is 47.6 Å². The number of rotatable bonds is 3. The number of phenolic OH excluding ortho intramolecular Hbond substituents is 1.